The van der Waals surface area contributed by atoms with E-state index in [1.54, 1.807) is 30.3 Å². The molecule has 0 radical (unpaired) electrons. The molecule has 0 spiro atoms. The fourth-order valence-electron chi connectivity index (χ4n) is 4.62. The summed E-state index contributed by atoms with van der Waals surface area (Å²) in [4.78, 5) is 39.9. The number of carbonyl (C=O) groups excluding carboxylic acids is 3. The maximum atomic E-state index is 13.1. The molecule has 1 atom stereocenters. The van der Waals surface area contributed by atoms with E-state index in [0.29, 0.717) is 6.61 Å². The molecule has 0 aliphatic carbocycles. The minimum absolute atomic E-state index is 0.192. The molecule has 0 fully saturated rings. The lowest BCUT2D eigenvalue weighted by molar-refractivity contribution is -0.138. The minimum atomic E-state index is -1.64. The molecule has 0 aromatic heterocycles. The van der Waals surface area contributed by atoms with Gasteiger partial charge < -0.3 is 20.1 Å². The zero-order valence-electron chi connectivity index (χ0n) is 24.7. The first-order valence-corrected chi connectivity index (χ1v) is 14.2. The van der Waals surface area contributed by atoms with Crippen molar-refractivity contribution in [1.82, 2.24) is 4.90 Å². The normalized spacial score (nSPS) is 12.3. The van der Waals surface area contributed by atoms with E-state index in [1.807, 2.05) is 68.7 Å². The molecule has 0 aliphatic heterocycles. The summed E-state index contributed by atoms with van der Waals surface area (Å²) < 4.78 is 10.8. The number of nitrogens with two attached hydrogens (primary N) is 1. The average Bonchev–Trinajstić information content (AvgIpc) is 3.04. The standard InChI is InChI=1S/C36H36N2O5/c1-4-31(25-11-7-5-8-12-25)32(27-19-21-30(22-20-27)42-24-23-38(2)3)26-15-17-28(18-16-26)34(39)33(37)36(41)43-35(40)29-13-9-6-10-14-29/h5-22,33H,4,23-24,37H2,1-3H3/b32-31+. The molecule has 4 aromatic carbocycles. The maximum absolute atomic E-state index is 13.1. The minimum Gasteiger partial charge on any atom is -0.492 e. The lowest BCUT2D eigenvalue weighted by atomic mass is 9.87. The number of ether oxygens (including phenoxy) is 2. The number of allylic oxidation sites excluding steroid dienone is 1. The van der Waals surface area contributed by atoms with Crippen molar-refractivity contribution in [2.75, 3.05) is 27.2 Å². The van der Waals surface area contributed by atoms with Crippen LogP contribution in [0.15, 0.2) is 109 Å². The number of Topliss-reactive ketones (excluding diaryl/α,β-unsaturated/α-hetero) is 1. The van der Waals surface area contributed by atoms with E-state index >= 15 is 0 Å². The number of carbonyl (C=O) groups is 3. The first kappa shape index (κ1) is 31.1. The van der Waals surface area contributed by atoms with Gasteiger partial charge in [0.05, 0.1) is 5.56 Å². The highest BCUT2D eigenvalue weighted by Crippen LogP contribution is 2.35. The van der Waals surface area contributed by atoms with Crippen LogP contribution < -0.4 is 10.5 Å². The topological polar surface area (TPSA) is 98.9 Å². The van der Waals surface area contributed by atoms with Crippen molar-refractivity contribution in [3.63, 3.8) is 0 Å². The van der Waals surface area contributed by atoms with Gasteiger partial charge in [-0.15, -0.1) is 0 Å². The van der Waals surface area contributed by atoms with E-state index in [0.717, 1.165) is 46.6 Å². The predicted molar refractivity (Wildman–Crippen MR) is 169 cm³/mol. The molecule has 7 heteroatoms. The third-order valence-electron chi connectivity index (χ3n) is 6.93. The molecule has 2 N–H and O–H groups in total. The summed E-state index contributed by atoms with van der Waals surface area (Å²) in [6, 6.07) is 31.5. The van der Waals surface area contributed by atoms with Gasteiger partial charge >= 0.3 is 11.9 Å². The lowest BCUT2D eigenvalue weighted by Gasteiger charge is -2.18. The number of rotatable bonds is 12. The fraction of sp³-hybridized carbons (Fsp3) is 0.194. The second-order valence-corrected chi connectivity index (χ2v) is 10.2. The summed E-state index contributed by atoms with van der Waals surface area (Å²) in [5, 5.41) is 0. The van der Waals surface area contributed by atoms with Gasteiger partial charge in [0, 0.05) is 12.1 Å². The SMILES string of the molecule is CC/C(=C(\c1ccc(OCCN(C)C)cc1)c1ccc(C(=O)C(N)C(=O)OC(=O)c2ccccc2)cc1)c1ccccc1. The number of benzene rings is 4. The molecule has 0 bridgehead atoms. The second-order valence-electron chi connectivity index (χ2n) is 10.2. The molecule has 0 saturated heterocycles. The molecule has 0 saturated carbocycles. The van der Waals surface area contributed by atoms with E-state index in [4.69, 9.17) is 15.2 Å². The average molecular weight is 577 g/mol. The molecular weight excluding hydrogens is 540 g/mol. The molecule has 220 valence electrons. The first-order chi connectivity index (χ1) is 20.8. The van der Waals surface area contributed by atoms with Gasteiger partial charge in [-0.25, -0.2) is 9.59 Å². The molecule has 43 heavy (non-hydrogen) atoms. The van der Waals surface area contributed by atoms with Gasteiger partial charge in [-0.05, 0) is 72.6 Å². The highest BCUT2D eigenvalue weighted by molar-refractivity contribution is 6.14. The predicted octanol–water partition coefficient (Wildman–Crippen LogP) is 5.89. The monoisotopic (exact) mass is 576 g/mol. The Morgan fingerprint density at radius 2 is 1.21 bits per heavy atom. The third kappa shape index (κ3) is 8.13. The molecule has 0 heterocycles. The molecule has 7 nitrogen and oxygen atoms in total. The first-order valence-electron chi connectivity index (χ1n) is 14.2. The van der Waals surface area contributed by atoms with Gasteiger partial charge in [0.15, 0.2) is 11.8 Å². The summed E-state index contributed by atoms with van der Waals surface area (Å²) >= 11 is 0. The van der Waals surface area contributed by atoms with Gasteiger partial charge in [-0.2, -0.15) is 0 Å². The van der Waals surface area contributed by atoms with Crippen molar-refractivity contribution < 1.29 is 23.9 Å². The Kier molecular flexibility index (Phi) is 10.7. The Bertz CT molecular complexity index is 1560. The summed E-state index contributed by atoms with van der Waals surface area (Å²) in [6.07, 6.45) is 0.771. The van der Waals surface area contributed by atoms with Crippen LogP contribution in [0.25, 0.3) is 11.1 Å². The molecule has 1 unspecified atom stereocenters. The smallest absolute Gasteiger partial charge is 0.345 e. The van der Waals surface area contributed by atoms with Crippen molar-refractivity contribution in [3.8, 4) is 5.75 Å². The fourth-order valence-corrected chi connectivity index (χ4v) is 4.62. The van der Waals surface area contributed by atoms with Crippen LogP contribution in [-0.4, -0.2) is 55.9 Å². The number of hydrogen-bond acceptors (Lipinski definition) is 7. The van der Waals surface area contributed by atoms with Crippen LogP contribution >= 0.6 is 0 Å². The van der Waals surface area contributed by atoms with E-state index in [9.17, 15) is 14.4 Å². The largest absolute Gasteiger partial charge is 0.492 e. The molecule has 4 aromatic rings. The van der Waals surface area contributed by atoms with Crippen molar-refractivity contribution >= 4 is 28.9 Å². The highest BCUT2D eigenvalue weighted by Gasteiger charge is 2.27. The van der Waals surface area contributed by atoms with E-state index < -0.39 is 23.8 Å². The van der Waals surface area contributed by atoms with Crippen LogP contribution in [0.4, 0.5) is 0 Å². The molecular formula is C36H36N2O5. The number of hydrogen-bond donors (Lipinski definition) is 1. The summed E-state index contributed by atoms with van der Waals surface area (Å²) in [6.45, 7) is 3.52. The third-order valence-corrected chi connectivity index (χ3v) is 6.93. The second kappa shape index (κ2) is 14.9. The van der Waals surface area contributed by atoms with Gasteiger partial charge in [0.1, 0.15) is 12.4 Å². The molecule has 0 amide bonds. The van der Waals surface area contributed by atoms with Crippen LogP contribution in [0.2, 0.25) is 0 Å². The van der Waals surface area contributed by atoms with Crippen molar-refractivity contribution in [2.24, 2.45) is 5.73 Å². The summed E-state index contributed by atoms with van der Waals surface area (Å²) in [5.74, 6) is -1.81. The summed E-state index contributed by atoms with van der Waals surface area (Å²) in [5.41, 5.74) is 11.5. The Balaban J connectivity index is 1.60. The van der Waals surface area contributed by atoms with Crippen LogP contribution in [0, 0.1) is 0 Å². The molecule has 4 rings (SSSR count). The Labute approximate surface area is 252 Å². The quantitative estimate of drug-likeness (QED) is 0.0972. The maximum Gasteiger partial charge on any atom is 0.345 e. The van der Waals surface area contributed by atoms with E-state index in [1.165, 1.54) is 12.1 Å². The Morgan fingerprint density at radius 1 is 0.698 bits per heavy atom. The van der Waals surface area contributed by atoms with Crippen LogP contribution in [0.3, 0.4) is 0 Å². The number of esters is 2. The van der Waals surface area contributed by atoms with Crippen LogP contribution in [-0.2, 0) is 9.53 Å². The van der Waals surface area contributed by atoms with Gasteiger partial charge in [-0.3, -0.25) is 4.79 Å². The van der Waals surface area contributed by atoms with Crippen LogP contribution in [0.1, 0.15) is 50.8 Å². The van der Waals surface area contributed by atoms with Gasteiger partial charge in [0.25, 0.3) is 0 Å². The zero-order valence-corrected chi connectivity index (χ0v) is 24.7. The highest BCUT2D eigenvalue weighted by atomic mass is 16.6. The lowest BCUT2D eigenvalue weighted by Crippen LogP contribution is -2.41. The van der Waals surface area contributed by atoms with Crippen molar-refractivity contribution in [2.45, 2.75) is 19.4 Å². The Morgan fingerprint density at radius 3 is 1.74 bits per heavy atom. The number of nitrogens with zero attached hydrogens (tertiary/aromatic N) is 1. The Hall–Kier alpha value is -4.85. The van der Waals surface area contributed by atoms with Gasteiger partial charge in [0.2, 0.25) is 0 Å². The summed E-state index contributed by atoms with van der Waals surface area (Å²) in [7, 11) is 4.01. The van der Waals surface area contributed by atoms with Crippen LogP contribution in [0.5, 0.6) is 5.75 Å². The van der Waals surface area contributed by atoms with Crippen molar-refractivity contribution in [1.29, 1.82) is 0 Å². The molecule has 0 aliphatic rings. The van der Waals surface area contributed by atoms with Crippen molar-refractivity contribution in [3.05, 3.63) is 137 Å². The van der Waals surface area contributed by atoms with E-state index in [2.05, 4.69) is 24.0 Å². The number of likely N-dealkylation sites (N-methyl/N-ethyl adjacent to an activating group) is 1. The zero-order chi connectivity index (χ0) is 30.8. The van der Waals surface area contributed by atoms with E-state index in [-0.39, 0.29) is 11.1 Å². The number of ketones is 1. The van der Waals surface area contributed by atoms with Gasteiger partial charge in [-0.1, -0.05) is 91.9 Å².